The highest BCUT2D eigenvalue weighted by Gasteiger charge is 2.18. The van der Waals surface area contributed by atoms with Gasteiger partial charge in [-0.3, -0.25) is 0 Å². The number of nitriles is 1. The van der Waals surface area contributed by atoms with Gasteiger partial charge in [-0.25, -0.2) is 4.52 Å². The maximum Gasteiger partial charge on any atom is 0.149 e. The molecule has 0 unspecified atom stereocenters. The summed E-state index contributed by atoms with van der Waals surface area (Å²) in [5.74, 6) is 1.49. The minimum Gasteiger partial charge on any atom is -0.497 e. The first-order valence-corrected chi connectivity index (χ1v) is 8.70. The lowest BCUT2D eigenvalue weighted by Crippen LogP contribution is -2.18. The van der Waals surface area contributed by atoms with E-state index in [4.69, 9.17) is 9.47 Å². The summed E-state index contributed by atoms with van der Waals surface area (Å²) in [5, 5.41) is 13.7. The monoisotopic (exact) mass is 348 g/mol. The predicted octanol–water partition coefficient (Wildman–Crippen LogP) is 3.39. The molecule has 0 bridgehead atoms. The first kappa shape index (κ1) is 16.3. The zero-order valence-corrected chi connectivity index (χ0v) is 14.7. The molecule has 1 saturated heterocycles. The van der Waals surface area contributed by atoms with Gasteiger partial charge in [0.15, 0.2) is 0 Å². The van der Waals surface area contributed by atoms with Crippen LogP contribution in [0.15, 0.2) is 42.7 Å². The van der Waals surface area contributed by atoms with Crippen LogP contribution in [-0.2, 0) is 6.61 Å². The van der Waals surface area contributed by atoms with Crippen molar-refractivity contribution >= 4 is 11.2 Å². The van der Waals surface area contributed by atoms with Gasteiger partial charge in [0.1, 0.15) is 35.3 Å². The Morgan fingerprint density at radius 1 is 1.19 bits per heavy atom. The van der Waals surface area contributed by atoms with E-state index in [2.05, 4.69) is 16.1 Å². The number of hydrogen-bond donors (Lipinski definition) is 0. The lowest BCUT2D eigenvalue weighted by Gasteiger charge is -2.19. The Labute approximate surface area is 152 Å². The molecule has 0 radical (unpaired) electrons. The number of fused-ring (bicyclic) bond motifs is 1. The molecule has 0 spiro atoms. The van der Waals surface area contributed by atoms with Gasteiger partial charge in [-0.15, -0.1) is 0 Å². The Bertz CT molecular complexity index is 950. The zero-order chi connectivity index (χ0) is 17.9. The number of pyridine rings is 1. The third-order valence-electron chi connectivity index (χ3n) is 4.71. The van der Waals surface area contributed by atoms with E-state index in [9.17, 15) is 5.26 Å². The van der Waals surface area contributed by atoms with Crippen molar-refractivity contribution in [2.24, 2.45) is 0 Å². The molecule has 0 aliphatic carbocycles. The second-order valence-corrected chi connectivity index (χ2v) is 6.36. The average Bonchev–Trinajstić information content (AvgIpc) is 3.36. The van der Waals surface area contributed by atoms with Gasteiger partial charge in [0.05, 0.1) is 25.2 Å². The molecule has 1 fully saturated rings. The highest BCUT2D eigenvalue weighted by Crippen LogP contribution is 2.31. The summed E-state index contributed by atoms with van der Waals surface area (Å²) >= 11 is 0. The SMILES string of the molecule is COc1ccc(COc2cc(N3CCCC3)cn3ncc(C#N)c23)cc1. The van der Waals surface area contributed by atoms with Crippen molar-refractivity contribution in [1.29, 1.82) is 5.26 Å². The van der Waals surface area contributed by atoms with Gasteiger partial charge in [0, 0.05) is 19.2 Å². The van der Waals surface area contributed by atoms with Gasteiger partial charge >= 0.3 is 0 Å². The van der Waals surface area contributed by atoms with E-state index >= 15 is 0 Å². The van der Waals surface area contributed by atoms with Crippen molar-refractivity contribution in [1.82, 2.24) is 9.61 Å². The largest absolute Gasteiger partial charge is 0.497 e. The average molecular weight is 348 g/mol. The number of hydrogen-bond acceptors (Lipinski definition) is 5. The standard InChI is InChI=1S/C20H20N4O2/c1-25-18-6-4-15(5-7-18)14-26-19-10-17(23-8-2-3-9-23)13-24-20(19)16(11-21)12-22-24/h4-7,10,12-13H,2-3,8-9,14H2,1H3. The maximum absolute atomic E-state index is 9.39. The molecule has 6 heteroatoms. The summed E-state index contributed by atoms with van der Waals surface area (Å²) in [6.07, 6.45) is 5.95. The van der Waals surface area contributed by atoms with Crippen molar-refractivity contribution in [3.8, 4) is 17.6 Å². The third-order valence-corrected chi connectivity index (χ3v) is 4.71. The van der Waals surface area contributed by atoms with Crippen LogP contribution in [0.25, 0.3) is 5.52 Å². The van der Waals surface area contributed by atoms with E-state index in [1.54, 1.807) is 17.8 Å². The van der Waals surface area contributed by atoms with Gasteiger partial charge in [0.2, 0.25) is 0 Å². The Hall–Kier alpha value is -3.20. The molecular weight excluding hydrogens is 328 g/mol. The number of benzene rings is 1. The molecule has 1 aliphatic heterocycles. The molecule has 1 aliphatic rings. The van der Waals surface area contributed by atoms with E-state index in [-0.39, 0.29) is 0 Å². The molecule has 3 aromatic rings. The maximum atomic E-state index is 9.39. The second kappa shape index (κ2) is 6.96. The molecule has 0 saturated carbocycles. The Morgan fingerprint density at radius 2 is 1.96 bits per heavy atom. The lowest BCUT2D eigenvalue weighted by molar-refractivity contribution is 0.308. The van der Waals surface area contributed by atoms with Gasteiger partial charge in [-0.05, 0) is 30.5 Å². The first-order valence-electron chi connectivity index (χ1n) is 8.70. The zero-order valence-electron chi connectivity index (χ0n) is 14.7. The molecule has 0 N–H and O–H groups in total. The third kappa shape index (κ3) is 3.04. The quantitative estimate of drug-likeness (QED) is 0.707. The van der Waals surface area contributed by atoms with Crippen LogP contribution in [0.3, 0.4) is 0 Å². The fourth-order valence-electron chi connectivity index (χ4n) is 3.29. The van der Waals surface area contributed by atoms with Crippen LogP contribution in [0.5, 0.6) is 11.5 Å². The molecule has 26 heavy (non-hydrogen) atoms. The molecule has 1 aromatic carbocycles. The molecule has 132 valence electrons. The first-order chi connectivity index (χ1) is 12.8. The van der Waals surface area contributed by atoms with E-state index in [0.717, 1.165) is 30.1 Å². The Morgan fingerprint density at radius 3 is 2.65 bits per heavy atom. The van der Waals surface area contributed by atoms with Gasteiger partial charge in [-0.2, -0.15) is 10.4 Å². The number of ether oxygens (including phenoxy) is 2. The van der Waals surface area contributed by atoms with E-state index in [1.807, 2.05) is 36.5 Å². The summed E-state index contributed by atoms with van der Waals surface area (Å²) in [5.41, 5.74) is 3.34. The normalized spacial score (nSPS) is 13.8. The Kier molecular flexibility index (Phi) is 4.36. The number of nitrogens with zero attached hydrogens (tertiary/aromatic N) is 4. The summed E-state index contributed by atoms with van der Waals surface area (Å²) in [6.45, 7) is 2.49. The number of methoxy groups -OCH3 is 1. The molecule has 0 atom stereocenters. The van der Waals surface area contributed by atoms with E-state index < -0.39 is 0 Å². The van der Waals surface area contributed by atoms with Crippen molar-refractivity contribution < 1.29 is 9.47 Å². The fourth-order valence-corrected chi connectivity index (χ4v) is 3.29. The number of anilines is 1. The Balaban J connectivity index is 1.66. The predicted molar refractivity (Wildman–Crippen MR) is 98.7 cm³/mol. The van der Waals surface area contributed by atoms with Gasteiger partial charge in [-0.1, -0.05) is 12.1 Å². The topological polar surface area (TPSA) is 62.8 Å². The van der Waals surface area contributed by atoms with Gasteiger partial charge < -0.3 is 14.4 Å². The second-order valence-electron chi connectivity index (χ2n) is 6.36. The summed E-state index contributed by atoms with van der Waals surface area (Å²) < 4.78 is 13.0. The molecule has 0 amide bonds. The van der Waals surface area contributed by atoms with Crippen molar-refractivity contribution in [2.75, 3.05) is 25.1 Å². The van der Waals surface area contributed by atoms with E-state index in [1.165, 1.54) is 12.8 Å². The van der Waals surface area contributed by atoms with Crippen molar-refractivity contribution in [2.45, 2.75) is 19.4 Å². The highest BCUT2D eigenvalue weighted by atomic mass is 16.5. The molecule has 4 rings (SSSR count). The fraction of sp³-hybridized carbons (Fsp3) is 0.300. The van der Waals surface area contributed by atoms with Crippen LogP contribution in [0.2, 0.25) is 0 Å². The molecule has 2 aromatic heterocycles. The van der Waals surface area contributed by atoms with Crippen LogP contribution in [0.1, 0.15) is 24.0 Å². The molecule has 3 heterocycles. The number of rotatable bonds is 5. The summed E-state index contributed by atoms with van der Waals surface area (Å²) in [7, 11) is 1.65. The molecular formula is C20H20N4O2. The van der Waals surface area contributed by atoms with Crippen LogP contribution >= 0.6 is 0 Å². The smallest absolute Gasteiger partial charge is 0.149 e. The van der Waals surface area contributed by atoms with Crippen LogP contribution < -0.4 is 14.4 Å². The minimum atomic E-state index is 0.416. The highest BCUT2D eigenvalue weighted by molar-refractivity contribution is 5.72. The van der Waals surface area contributed by atoms with Crippen LogP contribution in [0, 0.1) is 11.3 Å². The summed E-state index contributed by atoms with van der Waals surface area (Å²) in [4.78, 5) is 2.33. The van der Waals surface area contributed by atoms with Crippen molar-refractivity contribution in [3.05, 3.63) is 53.9 Å². The van der Waals surface area contributed by atoms with Crippen LogP contribution in [-0.4, -0.2) is 29.8 Å². The lowest BCUT2D eigenvalue weighted by atomic mass is 10.2. The molecule has 6 nitrogen and oxygen atoms in total. The van der Waals surface area contributed by atoms with Crippen molar-refractivity contribution in [3.63, 3.8) is 0 Å². The van der Waals surface area contributed by atoms with Crippen LogP contribution in [0.4, 0.5) is 5.69 Å². The summed E-state index contributed by atoms with van der Waals surface area (Å²) in [6, 6.07) is 12.0. The minimum absolute atomic E-state index is 0.416. The van der Waals surface area contributed by atoms with Gasteiger partial charge in [0.25, 0.3) is 0 Å². The van der Waals surface area contributed by atoms with E-state index in [0.29, 0.717) is 23.4 Å². The number of aromatic nitrogens is 2.